The van der Waals surface area contributed by atoms with Crippen LogP contribution >= 0.6 is 0 Å². The van der Waals surface area contributed by atoms with Crippen molar-refractivity contribution < 1.29 is 0 Å². The quantitative estimate of drug-likeness (QED) is 0.442. The second-order valence-electron chi connectivity index (χ2n) is 12.4. The summed E-state index contributed by atoms with van der Waals surface area (Å²) in [6, 6.07) is 7.14. The van der Waals surface area contributed by atoms with E-state index < -0.39 is 0 Å². The van der Waals surface area contributed by atoms with Crippen molar-refractivity contribution in [1.82, 2.24) is 9.97 Å². The standard InChI is InChI=1S/C30H42N2/c1-16(2)20-13-18(5)19(6)25(17(3)4)26(20)27-31-23-14-21-22(15-24(23)32-27)29(9,10)30(11,12)28(21,7)8/h13-17H,1-12H3,(H,31,32). The van der Waals surface area contributed by atoms with Crippen LogP contribution in [0.4, 0.5) is 0 Å². The largest absolute Gasteiger partial charge is 0.338 e. The minimum absolute atomic E-state index is 0.0891. The average molecular weight is 431 g/mol. The van der Waals surface area contributed by atoms with Crippen LogP contribution in [0.2, 0.25) is 0 Å². The molecule has 3 aromatic rings. The molecular weight excluding hydrogens is 388 g/mol. The van der Waals surface area contributed by atoms with Crippen LogP contribution in [-0.4, -0.2) is 9.97 Å². The van der Waals surface area contributed by atoms with Gasteiger partial charge in [-0.05, 0) is 87.4 Å². The van der Waals surface area contributed by atoms with Crippen molar-refractivity contribution in [2.75, 3.05) is 0 Å². The van der Waals surface area contributed by atoms with E-state index in [2.05, 4.69) is 106 Å². The molecule has 0 amide bonds. The van der Waals surface area contributed by atoms with Gasteiger partial charge in [0.05, 0.1) is 11.0 Å². The molecule has 2 heteroatoms. The molecule has 2 aromatic carbocycles. The van der Waals surface area contributed by atoms with E-state index in [4.69, 9.17) is 4.98 Å². The molecule has 0 aliphatic heterocycles. The van der Waals surface area contributed by atoms with Crippen LogP contribution in [-0.2, 0) is 10.8 Å². The summed E-state index contributed by atoms with van der Waals surface area (Å²) in [4.78, 5) is 8.98. The summed E-state index contributed by atoms with van der Waals surface area (Å²) in [5.41, 5.74) is 12.4. The number of nitrogens with one attached hydrogen (secondary N) is 1. The van der Waals surface area contributed by atoms with Crippen LogP contribution in [0, 0.1) is 19.3 Å². The lowest BCUT2D eigenvalue weighted by atomic mass is 9.59. The van der Waals surface area contributed by atoms with E-state index in [1.807, 2.05) is 0 Å². The highest BCUT2D eigenvalue weighted by Gasteiger charge is 2.56. The number of fused-ring (bicyclic) bond motifs is 2. The van der Waals surface area contributed by atoms with Gasteiger partial charge in [-0.3, -0.25) is 0 Å². The first-order valence-electron chi connectivity index (χ1n) is 12.3. The highest BCUT2D eigenvalue weighted by Crippen LogP contribution is 2.61. The predicted molar refractivity (Wildman–Crippen MR) is 139 cm³/mol. The number of aryl methyl sites for hydroxylation is 1. The van der Waals surface area contributed by atoms with Crippen LogP contribution in [0.25, 0.3) is 22.4 Å². The molecule has 1 aromatic heterocycles. The molecule has 1 aliphatic carbocycles. The van der Waals surface area contributed by atoms with Gasteiger partial charge in [0.15, 0.2) is 0 Å². The van der Waals surface area contributed by atoms with Crippen molar-refractivity contribution in [1.29, 1.82) is 0 Å². The number of H-pyrrole nitrogens is 1. The molecule has 2 nitrogen and oxygen atoms in total. The molecule has 1 N–H and O–H groups in total. The number of hydrogen-bond acceptors (Lipinski definition) is 1. The van der Waals surface area contributed by atoms with Gasteiger partial charge in [0.25, 0.3) is 0 Å². The second kappa shape index (κ2) is 6.95. The van der Waals surface area contributed by atoms with E-state index in [-0.39, 0.29) is 16.2 Å². The van der Waals surface area contributed by atoms with Gasteiger partial charge in [0.1, 0.15) is 5.82 Å². The number of rotatable bonds is 3. The van der Waals surface area contributed by atoms with Crippen LogP contribution in [0.5, 0.6) is 0 Å². The number of hydrogen-bond donors (Lipinski definition) is 1. The number of nitrogens with zero attached hydrogens (tertiary/aromatic N) is 1. The molecule has 0 saturated heterocycles. The Morgan fingerprint density at radius 3 is 1.88 bits per heavy atom. The molecule has 4 rings (SSSR count). The second-order valence-corrected chi connectivity index (χ2v) is 12.4. The molecule has 0 saturated carbocycles. The fourth-order valence-corrected chi connectivity index (χ4v) is 6.07. The SMILES string of the molecule is Cc1cc(C(C)C)c(-c2nc3cc4c(cc3[nH]2)C(C)(C)C(C)(C)C4(C)C)c(C(C)C)c1C. The summed E-state index contributed by atoms with van der Waals surface area (Å²) < 4.78 is 0. The Bertz CT molecular complexity index is 1160. The summed E-state index contributed by atoms with van der Waals surface area (Å²) >= 11 is 0. The van der Waals surface area contributed by atoms with E-state index in [1.54, 1.807) is 0 Å². The predicted octanol–water partition coefficient (Wildman–Crippen LogP) is 8.69. The van der Waals surface area contributed by atoms with Crippen LogP contribution in [0.3, 0.4) is 0 Å². The summed E-state index contributed by atoms with van der Waals surface area (Å²) in [7, 11) is 0. The van der Waals surface area contributed by atoms with Crippen molar-refractivity contribution in [3.05, 3.63) is 51.6 Å². The van der Waals surface area contributed by atoms with E-state index in [0.29, 0.717) is 11.8 Å². The smallest absolute Gasteiger partial charge is 0.139 e. The van der Waals surface area contributed by atoms with Gasteiger partial charge < -0.3 is 4.98 Å². The van der Waals surface area contributed by atoms with Crippen LogP contribution in [0.1, 0.15) is 114 Å². The van der Waals surface area contributed by atoms with Gasteiger partial charge in [-0.15, -0.1) is 0 Å². The molecule has 172 valence electrons. The van der Waals surface area contributed by atoms with Crippen LogP contribution < -0.4 is 0 Å². The Morgan fingerprint density at radius 1 is 0.781 bits per heavy atom. The van der Waals surface area contributed by atoms with Crippen molar-refractivity contribution >= 4 is 11.0 Å². The Balaban J connectivity index is 2.03. The lowest BCUT2D eigenvalue weighted by Crippen LogP contribution is -2.42. The van der Waals surface area contributed by atoms with Gasteiger partial charge in [-0.25, -0.2) is 4.98 Å². The first kappa shape index (κ1) is 23.1. The van der Waals surface area contributed by atoms with Gasteiger partial charge in [0, 0.05) is 5.56 Å². The molecule has 32 heavy (non-hydrogen) atoms. The maximum Gasteiger partial charge on any atom is 0.139 e. The highest BCUT2D eigenvalue weighted by molar-refractivity contribution is 5.84. The third-order valence-corrected chi connectivity index (χ3v) is 9.45. The van der Waals surface area contributed by atoms with Crippen molar-refractivity contribution in [3.8, 4) is 11.4 Å². The molecule has 1 aliphatic rings. The number of aromatic amines is 1. The molecule has 0 fully saturated rings. The molecular formula is C30H42N2. The van der Waals surface area contributed by atoms with Gasteiger partial charge in [0.2, 0.25) is 0 Å². The van der Waals surface area contributed by atoms with E-state index >= 15 is 0 Å². The first-order valence-corrected chi connectivity index (χ1v) is 12.3. The maximum atomic E-state index is 5.22. The van der Waals surface area contributed by atoms with E-state index in [0.717, 1.165) is 16.9 Å². The zero-order valence-corrected chi connectivity index (χ0v) is 22.3. The monoisotopic (exact) mass is 430 g/mol. The van der Waals surface area contributed by atoms with Gasteiger partial charge >= 0.3 is 0 Å². The van der Waals surface area contributed by atoms with Crippen molar-refractivity contribution in [3.63, 3.8) is 0 Å². The van der Waals surface area contributed by atoms with Gasteiger partial charge in [-0.1, -0.05) is 75.3 Å². The average Bonchev–Trinajstić information content (AvgIpc) is 3.13. The number of aromatic nitrogens is 2. The fourth-order valence-electron chi connectivity index (χ4n) is 6.07. The molecule has 0 bridgehead atoms. The molecule has 0 unspecified atom stereocenters. The molecule has 0 spiro atoms. The molecule has 1 heterocycles. The van der Waals surface area contributed by atoms with Gasteiger partial charge in [-0.2, -0.15) is 0 Å². The number of benzene rings is 2. The zero-order chi connectivity index (χ0) is 24.0. The van der Waals surface area contributed by atoms with E-state index in [1.165, 1.54) is 38.9 Å². The summed E-state index contributed by atoms with van der Waals surface area (Å²) in [6.45, 7) is 28.1. The Hall–Kier alpha value is -2.09. The van der Waals surface area contributed by atoms with Crippen molar-refractivity contribution in [2.45, 2.75) is 106 Å². The maximum absolute atomic E-state index is 5.22. The minimum Gasteiger partial charge on any atom is -0.338 e. The lowest BCUT2D eigenvalue weighted by Gasteiger charge is -2.44. The topological polar surface area (TPSA) is 28.7 Å². The normalized spacial score (nSPS) is 18.7. The number of imidazole rings is 1. The van der Waals surface area contributed by atoms with E-state index in [9.17, 15) is 0 Å². The summed E-state index contributed by atoms with van der Waals surface area (Å²) in [5, 5.41) is 0. The van der Waals surface area contributed by atoms with Crippen molar-refractivity contribution in [2.24, 2.45) is 5.41 Å². The third-order valence-electron chi connectivity index (χ3n) is 9.45. The minimum atomic E-state index is 0.0891. The lowest BCUT2D eigenvalue weighted by molar-refractivity contribution is 0.125. The third kappa shape index (κ3) is 2.87. The Morgan fingerprint density at radius 2 is 1.34 bits per heavy atom. The molecule has 0 radical (unpaired) electrons. The fraction of sp³-hybridized carbons (Fsp3) is 0.567. The Labute approximate surface area is 195 Å². The molecule has 0 atom stereocenters. The first-order chi connectivity index (χ1) is 14.6. The summed E-state index contributed by atoms with van der Waals surface area (Å²) in [6.07, 6.45) is 0. The highest BCUT2D eigenvalue weighted by atomic mass is 14.9. The Kier molecular flexibility index (Phi) is 5.02. The zero-order valence-electron chi connectivity index (χ0n) is 22.3. The summed E-state index contributed by atoms with van der Waals surface area (Å²) in [5.74, 6) is 1.91. The van der Waals surface area contributed by atoms with Crippen LogP contribution in [0.15, 0.2) is 18.2 Å².